The fraction of sp³-hybridized carbons (Fsp3) is 0.467. The predicted molar refractivity (Wildman–Crippen MR) is 79.6 cm³/mol. The number of benzene rings is 1. The highest BCUT2D eigenvalue weighted by Gasteiger charge is 2.32. The van der Waals surface area contributed by atoms with Crippen LogP contribution in [0.5, 0.6) is 0 Å². The summed E-state index contributed by atoms with van der Waals surface area (Å²) in [7, 11) is 0. The molecule has 0 bridgehead atoms. The molecule has 1 aliphatic rings. The molecule has 102 valence electrons. The Balaban J connectivity index is 2.23. The van der Waals surface area contributed by atoms with Crippen LogP contribution in [0.2, 0.25) is 0 Å². The maximum Gasteiger partial charge on any atom is 0.228 e. The van der Waals surface area contributed by atoms with Gasteiger partial charge in [-0.2, -0.15) is 0 Å². The van der Waals surface area contributed by atoms with Gasteiger partial charge in [-0.1, -0.05) is 43.8 Å². The number of amides is 1. The number of rotatable bonds is 3. The first kappa shape index (κ1) is 14.1. The van der Waals surface area contributed by atoms with Gasteiger partial charge in [0, 0.05) is 30.8 Å². The molecule has 1 fully saturated rings. The molecule has 1 aromatic rings. The number of carbonyl (C=O) groups is 2. The molecular weight excluding hydrogens is 258 g/mol. The highest BCUT2D eigenvalue weighted by Crippen LogP contribution is 2.33. The Morgan fingerprint density at radius 1 is 1.37 bits per heavy atom. The van der Waals surface area contributed by atoms with E-state index in [9.17, 15) is 9.59 Å². The van der Waals surface area contributed by atoms with Crippen molar-refractivity contribution in [3.05, 3.63) is 29.8 Å². The van der Waals surface area contributed by atoms with Crippen molar-refractivity contribution in [3.8, 4) is 0 Å². The number of para-hydroxylation sites is 1. The van der Waals surface area contributed by atoms with E-state index in [1.165, 1.54) is 17.3 Å². The first-order chi connectivity index (χ1) is 8.99. The predicted octanol–water partition coefficient (Wildman–Crippen LogP) is 3.20. The summed E-state index contributed by atoms with van der Waals surface area (Å²) in [5, 5.41) is 0.169. The molecule has 1 amide bonds. The lowest BCUT2D eigenvalue weighted by Crippen LogP contribution is -2.26. The molecule has 0 saturated carbocycles. The lowest BCUT2D eigenvalue weighted by molar-refractivity contribution is -0.117. The fourth-order valence-electron chi connectivity index (χ4n) is 2.44. The smallest absolute Gasteiger partial charge is 0.228 e. The molecule has 19 heavy (non-hydrogen) atoms. The van der Waals surface area contributed by atoms with Crippen molar-refractivity contribution in [2.75, 3.05) is 11.4 Å². The van der Waals surface area contributed by atoms with E-state index in [2.05, 4.69) is 19.9 Å². The lowest BCUT2D eigenvalue weighted by Gasteiger charge is -2.22. The first-order valence-corrected chi connectivity index (χ1v) is 7.43. The van der Waals surface area contributed by atoms with Crippen LogP contribution in [0.15, 0.2) is 24.3 Å². The molecule has 0 N–H and O–H groups in total. The Kier molecular flexibility index (Phi) is 4.30. The van der Waals surface area contributed by atoms with Gasteiger partial charge in [-0.15, -0.1) is 0 Å². The SMILES string of the molecule is CC(=O)SC1CC(=O)N(c2ccccc2C(C)C)C1. The van der Waals surface area contributed by atoms with Crippen LogP contribution in [-0.4, -0.2) is 22.8 Å². The van der Waals surface area contributed by atoms with Crippen LogP contribution >= 0.6 is 11.8 Å². The van der Waals surface area contributed by atoms with E-state index in [0.29, 0.717) is 18.9 Å². The van der Waals surface area contributed by atoms with Gasteiger partial charge in [0.2, 0.25) is 5.91 Å². The lowest BCUT2D eigenvalue weighted by atomic mass is 10.0. The topological polar surface area (TPSA) is 37.4 Å². The number of hydrogen-bond donors (Lipinski definition) is 0. The van der Waals surface area contributed by atoms with Crippen LogP contribution in [0.1, 0.15) is 38.7 Å². The summed E-state index contributed by atoms with van der Waals surface area (Å²) in [5.41, 5.74) is 2.18. The molecule has 3 nitrogen and oxygen atoms in total. The minimum absolute atomic E-state index is 0.0804. The summed E-state index contributed by atoms with van der Waals surface area (Å²) >= 11 is 1.28. The zero-order valence-electron chi connectivity index (χ0n) is 11.6. The molecule has 1 unspecified atom stereocenters. The highest BCUT2D eigenvalue weighted by molar-refractivity contribution is 8.14. The van der Waals surface area contributed by atoms with E-state index in [4.69, 9.17) is 0 Å². The second kappa shape index (κ2) is 5.78. The summed E-state index contributed by atoms with van der Waals surface area (Å²) in [6.07, 6.45) is 0.455. The summed E-state index contributed by atoms with van der Waals surface area (Å²) in [4.78, 5) is 25.1. The molecule has 1 aliphatic heterocycles. The molecule has 1 heterocycles. The van der Waals surface area contributed by atoms with E-state index in [0.717, 1.165) is 5.69 Å². The van der Waals surface area contributed by atoms with Gasteiger partial charge in [0.05, 0.1) is 0 Å². The largest absolute Gasteiger partial charge is 0.311 e. The van der Waals surface area contributed by atoms with Crippen LogP contribution in [-0.2, 0) is 9.59 Å². The maximum atomic E-state index is 12.1. The minimum Gasteiger partial charge on any atom is -0.311 e. The number of anilines is 1. The Hall–Kier alpha value is -1.29. The second-order valence-corrected chi connectivity index (χ2v) is 6.63. The van der Waals surface area contributed by atoms with E-state index in [-0.39, 0.29) is 16.3 Å². The monoisotopic (exact) mass is 277 g/mol. The number of carbonyl (C=O) groups excluding carboxylic acids is 2. The average Bonchev–Trinajstić information content (AvgIpc) is 2.69. The molecule has 1 aromatic carbocycles. The van der Waals surface area contributed by atoms with Crippen LogP contribution in [0.3, 0.4) is 0 Å². The molecule has 0 aliphatic carbocycles. The van der Waals surface area contributed by atoms with Crippen LogP contribution in [0, 0.1) is 0 Å². The molecule has 2 rings (SSSR count). The summed E-state index contributed by atoms with van der Waals surface area (Å²) in [6, 6.07) is 8.02. The standard InChI is InChI=1S/C15H19NO2S/c1-10(2)13-6-4-5-7-14(13)16-9-12(8-15(16)18)19-11(3)17/h4-7,10,12H,8-9H2,1-3H3. The minimum atomic E-state index is 0.0804. The van der Waals surface area contributed by atoms with Crippen molar-refractivity contribution in [2.24, 2.45) is 0 Å². The van der Waals surface area contributed by atoms with E-state index < -0.39 is 0 Å². The normalized spacial score (nSPS) is 19.3. The van der Waals surface area contributed by atoms with Crippen LogP contribution in [0.4, 0.5) is 5.69 Å². The van der Waals surface area contributed by atoms with Gasteiger partial charge >= 0.3 is 0 Å². The summed E-state index contributed by atoms with van der Waals surface area (Å²) < 4.78 is 0. The van der Waals surface area contributed by atoms with Crippen LogP contribution in [0.25, 0.3) is 0 Å². The Bertz CT molecular complexity index is 499. The van der Waals surface area contributed by atoms with Gasteiger partial charge in [-0.3, -0.25) is 9.59 Å². The number of nitrogens with zero attached hydrogens (tertiary/aromatic N) is 1. The van der Waals surface area contributed by atoms with Crippen molar-refractivity contribution in [2.45, 2.75) is 38.4 Å². The molecule has 0 aromatic heterocycles. The number of hydrogen-bond acceptors (Lipinski definition) is 3. The summed E-state index contributed by atoms with van der Waals surface area (Å²) in [5.74, 6) is 0.496. The van der Waals surface area contributed by atoms with Crippen molar-refractivity contribution >= 4 is 28.5 Å². The highest BCUT2D eigenvalue weighted by atomic mass is 32.2. The second-order valence-electron chi connectivity index (χ2n) is 5.15. The summed E-state index contributed by atoms with van der Waals surface area (Å²) in [6.45, 7) is 6.44. The third kappa shape index (κ3) is 3.18. The average molecular weight is 277 g/mol. The van der Waals surface area contributed by atoms with Crippen molar-refractivity contribution in [1.29, 1.82) is 0 Å². The Labute approximate surface area is 118 Å². The van der Waals surface area contributed by atoms with E-state index in [1.807, 2.05) is 23.1 Å². The molecular formula is C15H19NO2S. The van der Waals surface area contributed by atoms with Gasteiger partial charge in [0.15, 0.2) is 5.12 Å². The van der Waals surface area contributed by atoms with Gasteiger partial charge in [-0.25, -0.2) is 0 Å². The van der Waals surface area contributed by atoms with Gasteiger partial charge in [-0.05, 0) is 17.5 Å². The molecule has 0 spiro atoms. The van der Waals surface area contributed by atoms with Gasteiger partial charge in [0.1, 0.15) is 0 Å². The first-order valence-electron chi connectivity index (χ1n) is 6.55. The zero-order valence-corrected chi connectivity index (χ0v) is 12.4. The quantitative estimate of drug-likeness (QED) is 0.851. The zero-order chi connectivity index (χ0) is 14.0. The van der Waals surface area contributed by atoms with Gasteiger partial charge in [0.25, 0.3) is 0 Å². The molecule has 1 saturated heterocycles. The third-order valence-electron chi connectivity index (χ3n) is 3.27. The molecule has 4 heteroatoms. The molecule has 0 radical (unpaired) electrons. The molecule has 1 atom stereocenters. The van der Waals surface area contributed by atoms with E-state index in [1.54, 1.807) is 6.92 Å². The number of thioether (sulfide) groups is 1. The third-order valence-corrected chi connectivity index (χ3v) is 4.25. The van der Waals surface area contributed by atoms with Crippen molar-refractivity contribution in [3.63, 3.8) is 0 Å². The Morgan fingerprint density at radius 2 is 2.05 bits per heavy atom. The van der Waals surface area contributed by atoms with Crippen LogP contribution < -0.4 is 4.90 Å². The maximum absolute atomic E-state index is 12.1. The fourth-order valence-corrected chi connectivity index (χ4v) is 3.36. The van der Waals surface area contributed by atoms with E-state index >= 15 is 0 Å². The Morgan fingerprint density at radius 3 is 2.68 bits per heavy atom. The van der Waals surface area contributed by atoms with Gasteiger partial charge < -0.3 is 4.90 Å². The van der Waals surface area contributed by atoms with Crippen molar-refractivity contribution < 1.29 is 9.59 Å². The van der Waals surface area contributed by atoms with Crippen molar-refractivity contribution in [1.82, 2.24) is 0 Å².